The smallest absolute Gasteiger partial charge is 0.264 e. The summed E-state index contributed by atoms with van der Waals surface area (Å²) in [5, 5.41) is 3.38. The van der Waals surface area contributed by atoms with Gasteiger partial charge in [-0.25, -0.2) is 8.42 Å². The van der Waals surface area contributed by atoms with Gasteiger partial charge in [0, 0.05) is 17.6 Å². The van der Waals surface area contributed by atoms with Gasteiger partial charge >= 0.3 is 0 Å². The number of rotatable bonds is 11. The third-order valence-corrected chi connectivity index (χ3v) is 9.06. The fraction of sp³-hybridized carbons (Fsp3) is 0.333. The Labute approximate surface area is 236 Å². The molecule has 0 aliphatic carbocycles. The fourth-order valence-corrected chi connectivity index (χ4v) is 5.79. The number of sulfonamides is 1. The third-order valence-electron chi connectivity index (χ3n) is 6.92. The molecule has 2 unspecified atom stereocenters. The molecular weight excluding hydrogens is 534 g/mol. The molecule has 0 heterocycles. The zero-order valence-electron chi connectivity index (χ0n) is 23.0. The Morgan fingerprint density at radius 1 is 0.923 bits per heavy atom. The normalized spacial score (nSPS) is 12.9. The van der Waals surface area contributed by atoms with Crippen molar-refractivity contribution in [2.24, 2.45) is 0 Å². The molecule has 0 saturated heterocycles. The number of halogens is 1. The zero-order chi connectivity index (χ0) is 28.7. The van der Waals surface area contributed by atoms with E-state index in [-0.39, 0.29) is 23.4 Å². The summed E-state index contributed by atoms with van der Waals surface area (Å²) in [6, 6.07) is 19.5. The molecule has 0 spiro atoms. The van der Waals surface area contributed by atoms with E-state index in [9.17, 15) is 18.0 Å². The van der Waals surface area contributed by atoms with E-state index in [1.807, 2.05) is 33.8 Å². The fourth-order valence-electron chi connectivity index (χ4n) is 4.10. The van der Waals surface area contributed by atoms with Gasteiger partial charge in [-0.05, 0) is 75.1 Å². The highest BCUT2D eigenvalue weighted by Gasteiger charge is 2.33. The molecule has 0 aliphatic rings. The minimum absolute atomic E-state index is 0.0413. The molecule has 3 aromatic rings. The lowest BCUT2D eigenvalue weighted by atomic mass is 10.1. The second-order valence-corrected chi connectivity index (χ2v) is 11.9. The highest BCUT2D eigenvalue weighted by atomic mass is 35.5. The molecule has 2 atom stereocenters. The average Bonchev–Trinajstić information content (AvgIpc) is 2.92. The largest absolute Gasteiger partial charge is 0.352 e. The molecule has 1 N–H and O–H groups in total. The first-order valence-corrected chi connectivity index (χ1v) is 14.8. The zero-order valence-corrected chi connectivity index (χ0v) is 24.6. The number of hydrogen-bond donors (Lipinski definition) is 1. The van der Waals surface area contributed by atoms with E-state index in [2.05, 4.69) is 5.32 Å². The van der Waals surface area contributed by atoms with Gasteiger partial charge in [0.1, 0.15) is 12.6 Å². The summed E-state index contributed by atoms with van der Waals surface area (Å²) in [5.74, 6) is -0.851. The van der Waals surface area contributed by atoms with Crippen molar-refractivity contribution in [2.75, 3.05) is 10.8 Å². The third kappa shape index (κ3) is 7.19. The van der Waals surface area contributed by atoms with Crippen LogP contribution in [-0.4, -0.2) is 43.8 Å². The van der Waals surface area contributed by atoms with E-state index >= 15 is 0 Å². The summed E-state index contributed by atoms with van der Waals surface area (Å²) in [6.07, 6.45) is 0.729. The predicted octanol–water partition coefficient (Wildman–Crippen LogP) is 5.48. The van der Waals surface area contributed by atoms with Gasteiger partial charge in [0.05, 0.1) is 10.6 Å². The van der Waals surface area contributed by atoms with Gasteiger partial charge in [0.15, 0.2) is 0 Å². The van der Waals surface area contributed by atoms with Crippen LogP contribution in [0.1, 0.15) is 43.9 Å². The quantitative estimate of drug-likeness (QED) is 0.331. The first-order valence-electron chi connectivity index (χ1n) is 12.9. The van der Waals surface area contributed by atoms with E-state index < -0.39 is 28.5 Å². The maximum Gasteiger partial charge on any atom is 0.264 e. The van der Waals surface area contributed by atoms with Crippen LogP contribution >= 0.6 is 11.6 Å². The van der Waals surface area contributed by atoms with Gasteiger partial charge in [-0.3, -0.25) is 13.9 Å². The van der Waals surface area contributed by atoms with Gasteiger partial charge in [-0.2, -0.15) is 0 Å². The Balaban J connectivity index is 2.07. The number of carbonyl (C=O) groups excluding carboxylic acids is 2. The number of amides is 2. The van der Waals surface area contributed by atoms with Crippen LogP contribution in [-0.2, 0) is 26.2 Å². The highest BCUT2D eigenvalue weighted by Crippen LogP contribution is 2.29. The second-order valence-electron chi connectivity index (χ2n) is 9.65. The molecule has 0 aromatic heterocycles. The van der Waals surface area contributed by atoms with E-state index in [1.54, 1.807) is 61.5 Å². The van der Waals surface area contributed by atoms with E-state index in [0.717, 1.165) is 21.9 Å². The molecule has 7 nitrogen and oxygen atoms in total. The minimum atomic E-state index is -4.11. The number of carbonyl (C=O) groups is 2. The molecule has 3 rings (SSSR count). The molecule has 0 fully saturated rings. The van der Waals surface area contributed by atoms with Crippen LogP contribution < -0.4 is 9.62 Å². The maximum atomic E-state index is 14.0. The maximum absolute atomic E-state index is 14.0. The topological polar surface area (TPSA) is 86.8 Å². The van der Waals surface area contributed by atoms with Crippen molar-refractivity contribution in [2.45, 2.75) is 64.6 Å². The monoisotopic (exact) mass is 569 g/mol. The number of anilines is 1. The van der Waals surface area contributed by atoms with Crippen molar-refractivity contribution < 1.29 is 18.0 Å². The van der Waals surface area contributed by atoms with Crippen LogP contribution in [0.5, 0.6) is 0 Å². The van der Waals surface area contributed by atoms with Crippen LogP contribution in [0.4, 0.5) is 5.69 Å². The summed E-state index contributed by atoms with van der Waals surface area (Å²) >= 11 is 6.41. The van der Waals surface area contributed by atoms with Crippen molar-refractivity contribution in [3.63, 3.8) is 0 Å². The Morgan fingerprint density at radius 2 is 1.56 bits per heavy atom. The summed E-state index contributed by atoms with van der Waals surface area (Å²) < 4.78 is 29.0. The summed E-state index contributed by atoms with van der Waals surface area (Å²) in [7, 11) is -4.11. The Bertz CT molecular complexity index is 1410. The number of nitrogens with zero attached hydrogens (tertiary/aromatic N) is 2. The Morgan fingerprint density at radius 3 is 2.21 bits per heavy atom. The molecule has 39 heavy (non-hydrogen) atoms. The number of aryl methyl sites for hydroxylation is 1. The van der Waals surface area contributed by atoms with Gasteiger partial charge in [0.25, 0.3) is 10.0 Å². The molecule has 0 aliphatic heterocycles. The summed E-state index contributed by atoms with van der Waals surface area (Å²) in [4.78, 5) is 28.6. The first kappa shape index (κ1) is 30.2. The predicted molar refractivity (Wildman–Crippen MR) is 156 cm³/mol. The standard InChI is InChI=1S/C30H36ClN3O4S/c1-6-22(3)32-30(36)24(5)33(19-25-14-10-11-17-27(25)31)29(35)20-34(28-18-12-13-21(2)23(28)4)39(37,38)26-15-8-7-9-16-26/h7-18,22,24H,6,19-20H2,1-5H3,(H,32,36). The van der Waals surface area contributed by atoms with E-state index in [1.165, 1.54) is 17.0 Å². The van der Waals surface area contributed by atoms with Crippen molar-refractivity contribution in [3.05, 3.63) is 94.5 Å². The SMILES string of the molecule is CCC(C)NC(=O)C(C)N(Cc1ccccc1Cl)C(=O)CN(c1cccc(C)c1C)S(=O)(=O)c1ccccc1. The van der Waals surface area contributed by atoms with E-state index in [0.29, 0.717) is 16.3 Å². The molecule has 0 saturated carbocycles. The number of benzene rings is 3. The van der Waals surface area contributed by atoms with Gasteiger partial charge in [0.2, 0.25) is 11.8 Å². The van der Waals surface area contributed by atoms with Crippen molar-refractivity contribution in [1.29, 1.82) is 0 Å². The number of hydrogen-bond acceptors (Lipinski definition) is 4. The van der Waals surface area contributed by atoms with E-state index in [4.69, 9.17) is 11.6 Å². The minimum Gasteiger partial charge on any atom is -0.352 e. The molecule has 9 heteroatoms. The van der Waals surface area contributed by atoms with Crippen LogP contribution in [0.2, 0.25) is 5.02 Å². The Hall–Kier alpha value is -3.36. The Kier molecular flexibility index (Phi) is 10.2. The second kappa shape index (κ2) is 13.1. The molecule has 2 amide bonds. The summed E-state index contributed by atoms with van der Waals surface area (Å²) in [5.41, 5.74) is 2.69. The van der Waals surface area contributed by atoms with Crippen LogP contribution in [0.15, 0.2) is 77.7 Å². The molecule has 0 bridgehead atoms. The molecule has 0 radical (unpaired) electrons. The lowest BCUT2D eigenvalue weighted by Gasteiger charge is -2.33. The highest BCUT2D eigenvalue weighted by molar-refractivity contribution is 7.92. The van der Waals surface area contributed by atoms with Gasteiger partial charge < -0.3 is 10.2 Å². The average molecular weight is 570 g/mol. The van der Waals surface area contributed by atoms with Gasteiger partial charge in [-0.1, -0.05) is 67.1 Å². The summed E-state index contributed by atoms with van der Waals surface area (Å²) in [6.45, 7) is 8.75. The van der Waals surface area contributed by atoms with Crippen molar-refractivity contribution in [1.82, 2.24) is 10.2 Å². The lowest BCUT2D eigenvalue weighted by molar-refractivity contribution is -0.139. The number of nitrogens with one attached hydrogen (secondary N) is 1. The van der Waals surface area contributed by atoms with Crippen molar-refractivity contribution in [3.8, 4) is 0 Å². The van der Waals surface area contributed by atoms with Crippen LogP contribution in [0, 0.1) is 13.8 Å². The van der Waals surface area contributed by atoms with Gasteiger partial charge in [-0.15, -0.1) is 0 Å². The lowest BCUT2D eigenvalue weighted by Crippen LogP contribution is -2.52. The molecule has 3 aromatic carbocycles. The van der Waals surface area contributed by atoms with Crippen LogP contribution in [0.25, 0.3) is 0 Å². The van der Waals surface area contributed by atoms with Crippen LogP contribution in [0.3, 0.4) is 0 Å². The van der Waals surface area contributed by atoms with Crippen molar-refractivity contribution >= 4 is 39.1 Å². The first-order chi connectivity index (χ1) is 18.5. The molecular formula is C30H36ClN3O4S. The molecule has 208 valence electrons.